The highest BCUT2D eigenvalue weighted by Crippen LogP contribution is 2.30. The van der Waals surface area contributed by atoms with Crippen molar-refractivity contribution in [1.29, 1.82) is 5.26 Å². The highest BCUT2D eigenvalue weighted by molar-refractivity contribution is 5.93. The van der Waals surface area contributed by atoms with E-state index in [1.807, 2.05) is 6.07 Å². The molecule has 2 rings (SSSR count). The molecule has 7 nitrogen and oxygen atoms in total. The molecule has 0 spiro atoms. The quantitative estimate of drug-likeness (QED) is 0.811. The van der Waals surface area contributed by atoms with Gasteiger partial charge >= 0.3 is 12.0 Å². The number of rotatable bonds is 6. The van der Waals surface area contributed by atoms with E-state index in [9.17, 15) is 9.59 Å². The lowest BCUT2D eigenvalue weighted by molar-refractivity contribution is 0.0600. The van der Waals surface area contributed by atoms with Crippen molar-refractivity contribution in [2.75, 3.05) is 25.5 Å². The molecule has 1 aromatic heterocycles. The third-order valence-electron chi connectivity index (χ3n) is 3.37. The summed E-state index contributed by atoms with van der Waals surface area (Å²) >= 11 is 0. The van der Waals surface area contributed by atoms with Gasteiger partial charge in [0, 0.05) is 19.3 Å². The van der Waals surface area contributed by atoms with Crippen LogP contribution in [0.5, 0.6) is 0 Å². The number of ether oxygens (including phenoxy) is 1. The number of aromatic nitrogens is 1. The van der Waals surface area contributed by atoms with Gasteiger partial charge in [-0.05, 0) is 24.8 Å². The van der Waals surface area contributed by atoms with Crippen molar-refractivity contribution < 1.29 is 14.3 Å². The van der Waals surface area contributed by atoms with Gasteiger partial charge in [-0.25, -0.2) is 9.59 Å². The van der Waals surface area contributed by atoms with E-state index >= 15 is 0 Å². The number of anilines is 1. The minimum absolute atomic E-state index is 0.270. The lowest BCUT2D eigenvalue weighted by Gasteiger charge is -2.22. The van der Waals surface area contributed by atoms with Gasteiger partial charge in [-0.2, -0.15) is 5.26 Å². The van der Waals surface area contributed by atoms with Crippen molar-refractivity contribution in [2.45, 2.75) is 19.3 Å². The number of nitrogens with zero attached hydrogens (tertiary/aromatic N) is 3. The Balaban J connectivity index is 2.01. The average Bonchev–Trinajstić information content (AvgIpc) is 3.34. The molecule has 2 amide bonds. The molecule has 0 bridgehead atoms. The van der Waals surface area contributed by atoms with E-state index in [2.05, 4.69) is 15.0 Å². The molecule has 1 fully saturated rings. The number of hydrogen-bond acceptors (Lipinski definition) is 5. The Kier molecular flexibility index (Phi) is 5.31. The molecule has 0 saturated heterocycles. The summed E-state index contributed by atoms with van der Waals surface area (Å²) in [6.07, 6.45) is 5.37. The van der Waals surface area contributed by atoms with Crippen LogP contribution in [0.2, 0.25) is 0 Å². The van der Waals surface area contributed by atoms with E-state index in [0.29, 0.717) is 31.1 Å². The van der Waals surface area contributed by atoms with E-state index in [0.717, 1.165) is 12.8 Å². The first-order chi connectivity index (χ1) is 10.6. The van der Waals surface area contributed by atoms with Crippen LogP contribution in [-0.4, -0.2) is 42.1 Å². The number of nitrogens with one attached hydrogen (secondary N) is 1. The fraction of sp³-hybridized carbons (Fsp3) is 0.467. The van der Waals surface area contributed by atoms with Crippen molar-refractivity contribution in [1.82, 2.24) is 9.88 Å². The summed E-state index contributed by atoms with van der Waals surface area (Å²) < 4.78 is 4.62. The second-order valence-corrected chi connectivity index (χ2v) is 5.18. The number of nitriles is 1. The third-order valence-corrected chi connectivity index (χ3v) is 3.37. The number of carbonyl (C=O) groups excluding carboxylic acids is 2. The standard InChI is InChI=1S/C15H18N4O3/c1-22-14(20)12-7-13(9-17-8-12)18-15(21)19(6-2-5-16)10-11-3-4-11/h7-9,11H,2-4,6,10H2,1H3,(H,18,21). The van der Waals surface area contributed by atoms with E-state index < -0.39 is 5.97 Å². The minimum Gasteiger partial charge on any atom is -0.465 e. The summed E-state index contributed by atoms with van der Waals surface area (Å²) in [4.78, 5) is 29.3. The van der Waals surface area contributed by atoms with Crippen molar-refractivity contribution in [3.8, 4) is 6.07 Å². The van der Waals surface area contributed by atoms with Crippen LogP contribution < -0.4 is 5.32 Å². The van der Waals surface area contributed by atoms with Crippen LogP contribution in [0.1, 0.15) is 29.6 Å². The molecule has 0 unspecified atom stereocenters. The third kappa shape index (κ3) is 4.45. The predicted octanol–water partition coefficient (Wildman–Crippen LogP) is 2.03. The zero-order chi connectivity index (χ0) is 15.9. The maximum absolute atomic E-state index is 12.3. The van der Waals surface area contributed by atoms with Gasteiger partial charge in [-0.15, -0.1) is 0 Å². The number of methoxy groups -OCH3 is 1. The molecular formula is C15H18N4O3. The molecular weight excluding hydrogens is 284 g/mol. The zero-order valence-electron chi connectivity index (χ0n) is 12.4. The van der Waals surface area contributed by atoms with Crippen molar-refractivity contribution in [2.24, 2.45) is 5.92 Å². The predicted molar refractivity (Wildman–Crippen MR) is 79.1 cm³/mol. The first-order valence-electron chi connectivity index (χ1n) is 7.10. The van der Waals surface area contributed by atoms with E-state index in [1.165, 1.54) is 25.6 Å². The normalized spacial score (nSPS) is 13.1. The van der Waals surface area contributed by atoms with Crippen LogP contribution >= 0.6 is 0 Å². The molecule has 0 atom stereocenters. The lowest BCUT2D eigenvalue weighted by Crippen LogP contribution is -2.37. The fourth-order valence-corrected chi connectivity index (χ4v) is 2.01. The highest BCUT2D eigenvalue weighted by atomic mass is 16.5. The summed E-state index contributed by atoms with van der Waals surface area (Å²) in [5.74, 6) is 0.0203. The van der Waals surface area contributed by atoms with Gasteiger partial charge in [0.05, 0.1) is 37.0 Å². The summed E-state index contributed by atoms with van der Waals surface area (Å²) in [6.45, 7) is 1.04. The number of urea groups is 1. The molecule has 0 aliphatic heterocycles. The second-order valence-electron chi connectivity index (χ2n) is 5.18. The number of esters is 1. The number of carbonyl (C=O) groups is 2. The molecule has 1 aliphatic carbocycles. The van der Waals surface area contributed by atoms with Gasteiger partial charge in [0.1, 0.15) is 0 Å². The Morgan fingerprint density at radius 3 is 2.91 bits per heavy atom. The van der Waals surface area contributed by atoms with Crippen LogP contribution in [0.15, 0.2) is 18.5 Å². The fourth-order valence-electron chi connectivity index (χ4n) is 2.01. The maximum Gasteiger partial charge on any atom is 0.339 e. The largest absolute Gasteiger partial charge is 0.465 e. The molecule has 1 N–H and O–H groups in total. The van der Waals surface area contributed by atoms with Gasteiger partial charge < -0.3 is 15.0 Å². The van der Waals surface area contributed by atoms with Crippen LogP contribution in [0.3, 0.4) is 0 Å². The number of hydrogen-bond donors (Lipinski definition) is 1. The molecule has 1 saturated carbocycles. The minimum atomic E-state index is -0.511. The lowest BCUT2D eigenvalue weighted by atomic mass is 10.2. The molecule has 1 aromatic rings. The first kappa shape index (κ1) is 15.8. The van der Waals surface area contributed by atoms with Gasteiger partial charge in [-0.1, -0.05) is 0 Å². The van der Waals surface area contributed by atoms with Crippen LogP contribution in [0.25, 0.3) is 0 Å². The second kappa shape index (κ2) is 7.41. The Morgan fingerprint density at radius 1 is 1.50 bits per heavy atom. The van der Waals surface area contributed by atoms with E-state index in [-0.39, 0.29) is 11.6 Å². The molecule has 7 heteroatoms. The van der Waals surface area contributed by atoms with E-state index in [1.54, 1.807) is 4.90 Å². The van der Waals surface area contributed by atoms with Crippen LogP contribution in [-0.2, 0) is 4.74 Å². The summed E-state index contributed by atoms with van der Waals surface area (Å²) in [5.41, 5.74) is 0.691. The Hall–Kier alpha value is -2.62. The summed E-state index contributed by atoms with van der Waals surface area (Å²) in [7, 11) is 1.28. The van der Waals surface area contributed by atoms with Gasteiger partial charge in [0.2, 0.25) is 0 Å². The molecule has 116 valence electrons. The van der Waals surface area contributed by atoms with Crippen LogP contribution in [0.4, 0.5) is 10.5 Å². The topological polar surface area (TPSA) is 95.3 Å². The Bertz CT molecular complexity index is 593. The van der Waals surface area contributed by atoms with Crippen LogP contribution in [0, 0.1) is 17.2 Å². The molecule has 1 heterocycles. The Labute approximate surface area is 128 Å². The van der Waals surface area contributed by atoms with Gasteiger partial charge in [-0.3, -0.25) is 4.98 Å². The monoisotopic (exact) mass is 302 g/mol. The number of pyridine rings is 1. The molecule has 0 radical (unpaired) electrons. The van der Waals surface area contributed by atoms with Crippen molar-refractivity contribution >= 4 is 17.7 Å². The number of amides is 2. The van der Waals surface area contributed by atoms with Gasteiger partial charge in [0.15, 0.2) is 0 Å². The highest BCUT2D eigenvalue weighted by Gasteiger charge is 2.26. The SMILES string of the molecule is COC(=O)c1cncc(NC(=O)N(CCC#N)CC2CC2)c1. The molecule has 0 aromatic carbocycles. The Morgan fingerprint density at radius 2 is 2.27 bits per heavy atom. The van der Waals surface area contributed by atoms with Crippen molar-refractivity contribution in [3.05, 3.63) is 24.0 Å². The summed E-state index contributed by atoms with van der Waals surface area (Å²) in [6, 6.07) is 3.27. The maximum atomic E-state index is 12.3. The first-order valence-corrected chi connectivity index (χ1v) is 7.10. The average molecular weight is 302 g/mol. The summed E-state index contributed by atoms with van der Waals surface area (Å²) in [5, 5.41) is 11.4. The zero-order valence-corrected chi connectivity index (χ0v) is 12.4. The smallest absolute Gasteiger partial charge is 0.339 e. The van der Waals surface area contributed by atoms with Crippen molar-refractivity contribution in [3.63, 3.8) is 0 Å². The van der Waals surface area contributed by atoms with E-state index in [4.69, 9.17) is 5.26 Å². The van der Waals surface area contributed by atoms with Gasteiger partial charge in [0.25, 0.3) is 0 Å². The molecule has 22 heavy (non-hydrogen) atoms. The molecule has 1 aliphatic rings.